The van der Waals surface area contributed by atoms with E-state index in [4.69, 9.17) is 0 Å². The first-order chi connectivity index (χ1) is 14.3. The highest BCUT2D eigenvalue weighted by molar-refractivity contribution is 7.09. The van der Waals surface area contributed by atoms with E-state index in [2.05, 4.69) is 65.8 Å². The van der Waals surface area contributed by atoms with Crippen LogP contribution in [0.3, 0.4) is 0 Å². The molecule has 172 valence electrons. The Kier molecular flexibility index (Phi) is 25.1. The molecule has 0 radical (unpaired) electrons. The summed E-state index contributed by atoms with van der Waals surface area (Å²) in [6, 6.07) is 4.06. The Morgan fingerprint density at radius 2 is 1.50 bits per heavy atom. The average molecular weight is 435 g/mol. The molecule has 0 aliphatic carbocycles. The summed E-state index contributed by atoms with van der Waals surface area (Å²) in [7, 11) is 6.16. The van der Waals surface area contributed by atoms with Gasteiger partial charge in [0.15, 0.2) is 0 Å². The lowest BCUT2D eigenvalue weighted by Gasteiger charge is -2.19. The van der Waals surface area contributed by atoms with Crippen LogP contribution in [0.4, 0.5) is 0 Å². The molecule has 0 unspecified atom stereocenters. The average Bonchev–Trinajstić information content (AvgIpc) is 3.27. The molecule has 0 aromatic carbocycles. The number of aryl methyl sites for hydroxylation is 1. The van der Waals surface area contributed by atoms with Crippen molar-refractivity contribution >= 4 is 11.3 Å². The number of aromatic nitrogens is 2. The van der Waals surface area contributed by atoms with Gasteiger partial charge in [-0.2, -0.15) is 0 Å². The van der Waals surface area contributed by atoms with Gasteiger partial charge in [-0.05, 0) is 46.2 Å². The zero-order valence-corrected chi connectivity index (χ0v) is 22.3. The second kappa shape index (κ2) is 23.1. The lowest BCUT2D eigenvalue weighted by Crippen LogP contribution is -2.15. The van der Waals surface area contributed by atoms with Crippen LogP contribution in [0.15, 0.2) is 59.8 Å². The largest absolute Gasteiger partial charge is 0.381 e. The molecule has 2 aromatic heterocycles. The predicted octanol–water partition coefficient (Wildman–Crippen LogP) is 7.41. The van der Waals surface area contributed by atoms with Gasteiger partial charge in [0.25, 0.3) is 0 Å². The molecule has 30 heavy (non-hydrogen) atoms. The smallest absolute Gasteiger partial charge is 0.0794 e. The van der Waals surface area contributed by atoms with E-state index in [1.807, 2.05) is 79.6 Å². The maximum atomic E-state index is 4.08. The SMILES string of the molecule is C/C=C(\C)N(C)C.C/C=C(\C)N(C)Cc1cccnc1.CC.CC.Cc1cncs1. The molecular formula is C25H46N4S. The molecule has 5 heteroatoms. The minimum absolute atomic E-state index is 0.921. The van der Waals surface area contributed by atoms with Crippen molar-refractivity contribution in [3.63, 3.8) is 0 Å². The molecule has 0 aliphatic heterocycles. The minimum atomic E-state index is 0.921. The summed E-state index contributed by atoms with van der Waals surface area (Å²) in [5.41, 5.74) is 5.66. The summed E-state index contributed by atoms with van der Waals surface area (Å²) < 4.78 is 0. The van der Waals surface area contributed by atoms with Crippen LogP contribution in [0.25, 0.3) is 0 Å². The lowest BCUT2D eigenvalue weighted by atomic mass is 10.2. The highest BCUT2D eigenvalue weighted by atomic mass is 32.1. The van der Waals surface area contributed by atoms with Crippen LogP contribution in [0.1, 0.15) is 65.8 Å². The van der Waals surface area contributed by atoms with E-state index in [0.717, 1.165) is 6.54 Å². The van der Waals surface area contributed by atoms with Gasteiger partial charge < -0.3 is 9.80 Å². The summed E-state index contributed by atoms with van der Waals surface area (Å²) in [4.78, 5) is 13.5. The Labute approximate surface area is 191 Å². The first kappa shape index (κ1) is 32.5. The van der Waals surface area contributed by atoms with Crippen LogP contribution in [0, 0.1) is 6.92 Å². The third kappa shape index (κ3) is 19.2. The summed E-state index contributed by atoms with van der Waals surface area (Å²) in [6.07, 6.45) is 9.74. The van der Waals surface area contributed by atoms with Crippen molar-refractivity contribution in [1.82, 2.24) is 19.8 Å². The van der Waals surface area contributed by atoms with Gasteiger partial charge in [-0.15, -0.1) is 11.3 Å². The van der Waals surface area contributed by atoms with Crippen LogP contribution < -0.4 is 0 Å². The fourth-order valence-electron chi connectivity index (χ4n) is 1.65. The fraction of sp³-hybridized carbons (Fsp3) is 0.520. The molecule has 0 amide bonds. The summed E-state index contributed by atoms with van der Waals surface area (Å²) in [5, 5.41) is 0. The number of hydrogen-bond donors (Lipinski definition) is 0. The number of nitrogens with zero attached hydrogens (tertiary/aromatic N) is 4. The van der Waals surface area contributed by atoms with E-state index in [9.17, 15) is 0 Å². The van der Waals surface area contributed by atoms with Crippen molar-refractivity contribution in [2.75, 3.05) is 21.1 Å². The monoisotopic (exact) mass is 434 g/mol. The fourth-order valence-corrected chi connectivity index (χ4v) is 2.06. The summed E-state index contributed by atoms with van der Waals surface area (Å²) in [6.45, 7) is 19.2. The number of allylic oxidation sites excluding steroid dienone is 4. The second-order valence-electron chi connectivity index (χ2n) is 6.08. The van der Waals surface area contributed by atoms with Gasteiger partial charge in [-0.25, -0.2) is 0 Å². The normalized spacial score (nSPS) is 9.87. The van der Waals surface area contributed by atoms with Crippen molar-refractivity contribution in [3.05, 3.63) is 70.2 Å². The number of rotatable bonds is 4. The molecular weight excluding hydrogens is 388 g/mol. The number of hydrogen-bond acceptors (Lipinski definition) is 5. The van der Waals surface area contributed by atoms with Gasteiger partial charge in [0.1, 0.15) is 0 Å². The maximum Gasteiger partial charge on any atom is 0.0794 e. The first-order valence-corrected chi connectivity index (χ1v) is 11.6. The predicted molar refractivity (Wildman–Crippen MR) is 138 cm³/mol. The quantitative estimate of drug-likeness (QED) is 0.501. The lowest BCUT2D eigenvalue weighted by molar-refractivity contribution is 0.411. The number of pyridine rings is 1. The van der Waals surface area contributed by atoms with Gasteiger partial charge >= 0.3 is 0 Å². The molecule has 2 aromatic rings. The van der Waals surface area contributed by atoms with E-state index in [0.29, 0.717) is 0 Å². The number of thiazole rings is 1. The van der Waals surface area contributed by atoms with E-state index in [-0.39, 0.29) is 0 Å². The highest BCUT2D eigenvalue weighted by Gasteiger charge is 1.98. The molecule has 0 atom stereocenters. The van der Waals surface area contributed by atoms with Gasteiger partial charge in [0.05, 0.1) is 5.51 Å². The minimum Gasteiger partial charge on any atom is -0.381 e. The third-order valence-electron chi connectivity index (χ3n) is 3.84. The molecule has 0 spiro atoms. The third-order valence-corrected chi connectivity index (χ3v) is 4.55. The van der Waals surface area contributed by atoms with Crippen molar-refractivity contribution in [2.24, 2.45) is 0 Å². The molecule has 0 saturated carbocycles. The molecule has 2 rings (SSSR count). The Bertz CT molecular complexity index is 632. The van der Waals surface area contributed by atoms with E-state index < -0.39 is 0 Å². The van der Waals surface area contributed by atoms with Crippen molar-refractivity contribution in [3.8, 4) is 0 Å². The van der Waals surface area contributed by atoms with Gasteiger partial charge in [0.2, 0.25) is 0 Å². The van der Waals surface area contributed by atoms with Gasteiger partial charge in [-0.3, -0.25) is 9.97 Å². The van der Waals surface area contributed by atoms with Gasteiger partial charge in [-0.1, -0.05) is 45.9 Å². The van der Waals surface area contributed by atoms with Crippen molar-refractivity contribution in [2.45, 2.75) is 68.9 Å². The Hall–Kier alpha value is -2.14. The van der Waals surface area contributed by atoms with Crippen LogP contribution in [0.5, 0.6) is 0 Å². The zero-order valence-electron chi connectivity index (χ0n) is 21.5. The van der Waals surface area contributed by atoms with Crippen LogP contribution >= 0.6 is 11.3 Å². The van der Waals surface area contributed by atoms with E-state index >= 15 is 0 Å². The van der Waals surface area contributed by atoms with E-state index in [1.54, 1.807) is 17.5 Å². The van der Waals surface area contributed by atoms with Gasteiger partial charge in [0, 0.05) is 62.5 Å². The second-order valence-corrected chi connectivity index (χ2v) is 7.17. The van der Waals surface area contributed by atoms with Crippen LogP contribution in [-0.4, -0.2) is 40.9 Å². The topological polar surface area (TPSA) is 32.3 Å². The standard InChI is InChI=1S/C11H16N2.C6H13N.C4H5NS.2C2H6/c1-4-10(2)13(3)9-11-6-5-7-12-8-11;1-5-6(2)7(3)4;1-4-2-5-3-6-4;2*1-2/h4-8H,9H2,1-3H3;5H,1-4H3;2-3H,1H3;2*1-2H3/b10-4+;6-5+;;;. The molecule has 0 saturated heterocycles. The van der Waals surface area contributed by atoms with Crippen molar-refractivity contribution < 1.29 is 0 Å². The van der Waals surface area contributed by atoms with Crippen molar-refractivity contribution in [1.29, 1.82) is 0 Å². The van der Waals surface area contributed by atoms with Crippen LogP contribution in [-0.2, 0) is 6.54 Å². The molecule has 0 N–H and O–H groups in total. The summed E-state index contributed by atoms with van der Waals surface area (Å²) >= 11 is 1.67. The van der Waals surface area contributed by atoms with E-state index in [1.165, 1.54) is 21.8 Å². The Morgan fingerprint density at radius 1 is 0.933 bits per heavy atom. The zero-order chi connectivity index (χ0) is 23.9. The molecule has 2 heterocycles. The molecule has 0 bridgehead atoms. The highest BCUT2D eigenvalue weighted by Crippen LogP contribution is 2.06. The summed E-state index contributed by atoms with van der Waals surface area (Å²) in [5.74, 6) is 0. The maximum absolute atomic E-state index is 4.08. The first-order valence-electron chi connectivity index (χ1n) is 10.7. The Balaban J connectivity index is -0.000000364. The molecule has 0 aliphatic rings. The molecule has 4 nitrogen and oxygen atoms in total. The molecule has 0 fully saturated rings. The Morgan fingerprint density at radius 3 is 1.77 bits per heavy atom. The van der Waals surface area contributed by atoms with Crippen LogP contribution in [0.2, 0.25) is 0 Å².